The lowest BCUT2D eigenvalue weighted by Crippen LogP contribution is -2.53. The maximum absolute atomic E-state index is 12.6. The highest BCUT2D eigenvalue weighted by Crippen LogP contribution is 2.30. The molecule has 6 nitrogen and oxygen atoms in total. The third kappa shape index (κ3) is 6.88. The van der Waals surface area contributed by atoms with Crippen LogP contribution in [0.3, 0.4) is 0 Å². The van der Waals surface area contributed by atoms with E-state index in [4.69, 9.17) is 14.2 Å². The van der Waals surface area contributed by atoms with Crippen LogP contribution in [0.25, 0.3) is 0 Å². The summed E-state index contributed by atoms with van der Waals surface area (Å²) >= 11 is 0. The average Bonchev–Trinajstić information content (AvgIpc) is 3.23. The molecule has 10 heteroatoms. The summed E-state index contributed by atoms with van der Waals surface area (Å²) in [7, 11) is 1.72. The van der Waals surface area contributed by atoms with Crippen molar-refractivity contribution >= 4 is 29.9 Å². The molecule has 2 unspecified atom stereocenters. The van der Waals surface area contributed by atoms with E-state index in [0.29, 0.717) is 32.1 Å². The Morgan fingerprint density at radius 3 is 2.55 bits per heavy atom. The first-order valence-electron chi connectivity index (χ1n) is 9.46. The molecule has 2 aliphatic rings. The zero-order chi connectivity index (χ0) is 20.0. The predicted octanol–water partition coefficient (Wildman–Crippen LogP) is 3.16. The van der Waals surface area contributed by atoms with Crippen LogP contribution < -0.4 is 10.1 Å². The minimum Gasteiger partial charge on any atom is -0.492 e. The molecule has 0 aromatic heterocycles. The fraction of sp³-hybridized carbons (Fsp3) is 0.632. The van der Waals surface area contributed by atoms with Gasteiger partial charge in [-0.2, -0.15) is 13.2 Å². The van der Waals surface area contributed by atoms with Crippen LogP contribution in [-0.2, 0) is 15.7 Å². The number of halogens is 4. The van der Waals surface area contributed by atoms with Gasteiger partial charge in [0.2, 0.25) is 0 Å². The summed E-state index contributed by atoms with van der Waals surface area (Å²) in [5, 5.41) is 3.23. The standard InChI is InChI=1S/C19H26F3N3O3.HI/c1-23-18(25-9-12-28-17(13-25)16-3-2-10-27-16)24-8-11-26-15-6-4-14(5-7-15)19(20,21)22;/h4-7,16-17H,2-3,8-13H2,1H3,(H,23,24);1H. The van der Waals surface area contributed by atoms with E-state index in [1.165, 1.54) is 12.1 Å². The molecule has 2 saturated heterocycles. The zero-order valence-electron chi connectivity index (χ0n) is 16.3. The van der Waals surface area contributed by atoms with Crippen molar-refractivity contribution in [1.82, 2.24) is 10.2 Å². The Morgan fingerprint density at radius 2 is 1.93 bits per heavy atom. The van der Waals surface area contributed by atoms with E-state index in [1.54, 1.807) is 7.05 Å². The van der Waals surface area contributed by atoms with Gasteiger partial charge in [-0.1, -0.05) is 0 Å². The molecule has 29 heavy (non-hydrogen) atoms. The molecule has 1 N–H and O–H groups in total. The normalized spacial score (nSPS) is 22.9. The summed E-state index contributed by atoms with van der Waals surface area (Å²) in [6.07, 6.45) is -2.07. The first-order chi connectivity index (χ1) is 13.5. The number of guanidine groups is 1. The van der Waals surface area contributed by atoms with Crippen LogP contribution in [-0.4, -0.2) is 69.6 Å². The summed E-state index contributed by atoms with van der Waals surface area (Å²) in [4.78, 5) is 6.44. The maximum atomic E-state index is 12.6. The van der Waals surface area contributed by atoms with E-state index in [1.807, 2.05) is 0 Å². The van der Waals surface area contributed by atoms with Crippen LogP contribution in [0.15, 0.2) is 29.3 Å². The number of nitrogens with zero attached hydrogens (tertiary/aromatic N) is 2. The zero-order valence-corrected chi connectivity index (χ0v) is 18.6. The van der Waals surface area contributed by atoms with E-state index in [9.17, 15) is 13.2 Å². The van der Waals surface area contributed by atoms with Gasteiger partial charge in [0.1, 0.15) is 18.5 Å². The van der Waals surface area contributed by atoms with Gasteiger partial charge in [-0.05, 0) is 37.1 Å². The molecule has 1 aromatic carbocycles. The average molecular weight is 529 g/mol. The Balaban J connectivity index is 0.00000300. The fourth-order valence-electron chi connectivity index (χ4n) is 3.39. The van der Waals surface area contributed by atoms with Crippen LogP contribution in [0.4, 0.5) is 13.2 Å². The topological polar surface area (TPSA) is 55.3 Å². The molecular formula is C19H27F3IN3O3. The second kappa shape index (κ2) is 11.2. The highest BCUT2D eigenvalue weighted by molar-refractivity contribution is 14.0. The number of hydrogen-bond donors (Lipinski definition) is 1. The third-order valence-corrected chi connectivity index (χ3v) is 4.82. The number of ether oxygens (including phenoxy) is 3. The van der Waals surface area contributed by atoms with E-state index in [0.717, 1.165) is 44.1 Å². The second-order valence-corrected chi connectivity index (χ2v) is 6.75. The summed E-state index contributed by atoms with van der Waals surface area (Å²) in [6, 6.07) is 4.68. The van der Waals surface area contributed by atoms with Crippen LogP contribution in [0, 0.1) is 0 Å². The molecule has 164 valence electrons. The predicted molar refractivity (Wildman–Crippen MR) is 114 cm³/mol. The van der Waals surface area contributed by atoms with Crippen molar-refractivity contribution in [2.24, 2.45) is 4.99 Å². The van der Waals surface area contributed by atoms with Crippen LogP contribution in [0.1, 0.15) is 18.4 Å². The molecule has 2 aliphatic heterocycles. The van der Waals surface area contributed by atoms with Crippen molar-refractivity contribution in [3.05, 3.63) is 29.8 Å². The lowest BCUT2D eigenvalue weighted by Gasteiger charge is -2.37. The number of hydrogen-bond acceptors (Lipinski definition) is 4. The summed E-state index contributed by atoms with van der Waals surface area (Å²) < 4.78 is 54.8. The summed E-state index contributed by atoms with van der Waals surface area (Å²) in [5.74, 6) is 1.15. The van der Waals surface area contributed by atoms with Gasteiger partial charge in [0.05, 0.1) is 24.8 Å². The molecule has 0 spiro atoms. The summed E-state index contributed by atoms with van der Waals surface area (Å²) in [5.41, 5.74) is -0.688. The van der Waals surface area contributed by atoms with Gasteiger partial charge in [-0.25, -0.2) is 0 Å². The van der Waals surface area contributed by atoms with Gasteiger partial charge in [-0.3, -0.25) is 4.99 Å². The monoisotopic (exact) mass is 529 g/mol. The van der Waals surface area contributed by atoms with Gasteiger partial charge < -0.3 is 24.4 Å². The Hall–Kier alpha value is -1.27. The van der Waals surface area contributed by atoms with Gasteiger partial charge in [0.25, 0.3) is 0 Å². The molecule has 0 amide bonds. The van der Waals surface area contributed by atoms with Crippen LogP contribution >= 0.6 is 24.0 Å². The third-order valence-electron chi connectivity index (χ3n) is 4.82. The minimum atomic E-state index is -4.34. The van der Waals surface area contributed by atoms with Crippen molar-refractivity contribution in [1.29, 1.82) is 0 Å². The first kappa shape index (κ1) is 24.0. The minimum absolute atomic E-state index is 0. The van der Waals surface area contributed by atoms with Crippen molar-refractivity contribution in [2.75, 3.05) is 46.5 Å². The molecule has 2 heterocycles. The number of alkyl halides is 3. The molecular weight excluding hydrogens is 502 g/mol. The Morgan fingerprint density at radius 1 is 1.21 bits per heavy atom. The van der Waals surface area contributed by atoms with E-state index >= 15 is 0 Å². The van der Waals surface area contributed by atoms with Gasteiger partial charge in [0.15, 0.2) is 5.96 Å². The SMILES string of the molecule is CN=C(NCCOc1ccc(C(F)(F)F)cc1)N1CCOC(C2CCCO2)C1.I. The molecule has 1 aromatic rings. The molecule has 0 bridgehead atoms. The Labute approximate surface area is 185 Å². The van der Waals surface area contributed by atoms with Crippen molar-refractivity contribution in [3.8, 4) is 5.75 Å². The van der Waals surface area contributed by atoms with Gasteiger partial charge in [0, 0.05) is 26.7 Å². The lowest BCUT2D eigenvalue weighted by molar-refractivity contribution is -0.137. The van der Waals surface area contributed by atoms with Gasteiger partial charge >= 0.3 is 6.18 Å². The molecule has 0 radical (unpaired) electrons. The maximum Gasteiger partial charge on any atom is 0.416 e. The Kier molecular flexibility index (Phi) is 9.28. The number of rotatable bonds is 5. The molecule has 2 atom stereocenters. The van der Waals surface area contributed by atoms with E-state index < -0.39 is 11.7 Å². The Bertz CT molecular complexity index is 652. The summed E-state index contributed by atoms with van der Waals surface area (Å²) in [6.45, 7) is 3.65. The number of morpholine rings is 1. The van der Waals surface area contributed by atoms with Gasteiger partial charge in [-0.15, -0.1) is 24.0 Å². The highest BCUT2D eigenvalue weighted by atomic mass is 127. The van der Waals surface area contributed by atoms with Crippen LogP contribution in [0.2, 0.25) is 0 Å². The number of nitrogens with one attached hydrogen (secondary N) is 1. The van der Waals surface area contributed by atoms with Crippen molar-refractivity contribution in [3.63, 3.8) is 0 Å². The highest BCUT2D eigenvalue weighted by Gasteiger charge is 2.32. The lowest BCUT2D eigenvalue weighted by atomic mass is 10.1. The van der Waals surface area contributed by atoms with Crippen molar-refractivity contribution in [2.45, 2.75) is 31.2 Å². The van der Waals surface area contributed by atoms with Crippen molar-refractivity contribution < 1.29 is 27.4 Å². The van der Waals surface area contributed by atoms with E-state index in [-0.39, 0.29) is 36.2 Å². The fourth-order valence-corrected chi connectivity index (χ4v) is 3.39. The number of aliphatic imine (C=N–C) groups is 1. The quantitative estimate of drug-likeness (QED) is 0.275. The first-order valence-corrected chi connectivity index (χ1v) is 9.46. The molecule has 0 saturated carbocycles. The van der Waals surface area contributed by atoms with Crippen LogP contribution in [0.5, 0.6) is 5.75 Å². The number of benzene rings is 1. The molecule has 3 rings (SSSR count). The largest absolute Gasteiger partial charge is 0.492 e. The molecule has 0 aliphatic carbocycles. The smallest absolute Gasteiger partial charge is 0.416 e. The molecule has 2 fully saturated rings. The van der Waals surface area contributed by atoms with E-state index in [2.05, 4.69) is 15.2 Å². The second-order valence-electron chi connectivity index (χ2n) is 6.75.